The van der Waals surface area contributed by atoms with E-state index in [1.54, 1.807) is 44.1 Å². The summed E-state index contributed by atoms with van der Waals surface area (Å²) < 4.78 is 41.2. The van der Waals surface area contributed by atoms with E-state index in [0.29, 0.717) is 19.7 Å². The van der Waals surface area contributed by atoms with Crippen molar-refractivity contribution in [3.05, 3.63) is 59.7 Å². The number of methoxy groups -OCH3 is 1. The number of ether oxygens (including phenoxy) is 2. The number of esters is 1. The first-order valence-electron chi connectivity index (χ1n) is 10.7. The van der Waals surface area contributed by atoms with Crippen molar-refractivity contribution < 1.29 is 31.7 Å². The van der Waals surface area contributed by atoms with Crippen LogP contribution in [0.25, 0.3) is 0 Å². The van der Waals surface area contributed by atoms with Crippen molar-refractivity contribution in [1.29, 1.82) is 0 Å². The summed E-state index contributed by atoms with van der Waals surface area (Å²) >= 11 is 0. The molecule has 2 rings (SSSR count). The molecule has 0 atom stereocenters. The fourth-order valence-corrected chi connectivity index (χ4v) is 4.13. The summed E-state index contributed by atoms with van der Waals surface area (Å²) in [4.78, 5) is 26.2. The standard InChI is InChI=1S/C24H31NO7S/c1-17(2)23(26)25(14-15-30-5)16-19-10-12-20(13-11-19)32-33(28,29)22-9-7-6-8-21(22)24(27)31-18(3)4/h6-13,17-18H,14-16H2,1-5H3. The molecule has 0 saturated heterocycles. The van der Waals surface area contributed by atoms with Crippen molar-refractivity contribution in [2.75, 3.05) is 20.3 Å². The molecule has 0 N–H and O–H groups in total. The average Bonchev–Trinajstić information content (AvgIpc) is 2.76. The average molecular weight is 478 g/mol. The molecule has 2 aromatic carbocycles. The van der Waals surface area contributed by atoms with Gasteiger partial charge in [0.2, 0.25) is 5.91 Å². The largest absolute Gasteiger partial charge is 0.459 e. The third kappa shape index (κ3) is 7.57. The summed E-state index contributed by atoms with van der Waals surface area (Å²) in [5.74, 6) is -0.810. The second-order valence-corrected chi connectivity index (χ2v) is 9.55. The maximum Gasteiger partial charge on any atom is 0.340 e. The van der Waals surface area contributed by atoms with Crippen molar-refractivity contribution in [2.45, 2.75) is 45.2 Å². The van der Waals surface area contributed by atoms with Gasteiger partial charge in [-0.25, -0.2) is 4.79 Å². The number of rotatable bonds is 11. The van der Waals surface area contributed by atoms with Gasteiger partial charge in [-0.15, -0.1) is 0 Å². The normalized spacial score (nSPS) is 11.5. The van der Waals surface area contributed by atoms with Gasteiger partial charge in [0, 0.05) is 26.1 Å². The number of benzene rings is 2. The van der Waals surface area contributed by atoms with E-state index in [1.807, 2.05) is 13.8 Å². The summed E-state index contributed by atoms with van der Waals surface area (Å²) in [6.45, 7) is 8.24. The molecule has 0 aliphatic rings. The number of nitrogens with zero attached hydrogens (tertiary/aromatic N) is 1. The third-order valence-electron chi connectivity index (χ3n) is 4.59. The number of amides is 1. The molecule has 0 aromatic heterocycles. The quantitative estimate of drug-likeness (QED) is 0.360. The zero-order chi connectivity index (χ0) is 24.6. The number of carbonyl (C=O) groups is 2. The molecule has 180 valence electrons. The Morgan fingerprint density at radius 3 is 2.18 bits per heavy atom. The minimum atomic E-state index is -4.28. The molecule has 2 aromatic rings. The molecule has 0 radical (unpaired) electrons. The van der Waals surface area contributed by atoms with Crippen molar-refractivity contribution in [2.24, 2.45) is 5.92 Å². The van der Waals surface area contributed by atoms with Crippen LogP contribution in [-0.2, 0) is 30.9 Å². The number of hydrogen-bond donors (Lipinski definition) is 0. The molecule has 0 fully saturated rings. The Hall–Kier alpha value is -2.91. The summed E-state index contributed by atoms with van der Waals surface area (Å²) in [5, 5.41) is 0. The molecule has 0 unspecified atom stereocenters. The molecule has 0 aliphatic heterocycles. The highest BCUT2D eigenvalue weighted by molar-refractivity contribution is 7.87. The number of hydrogen-bond acceptors (Lipinski definition) is 7. The predicted molar refractivity (Wildman–Crippen MR) is 123 cm³/mol. The molecular formula is C24H31NO7S. The second-order valence-electron chi connectivity index (χ2n) is 8.04. The molecule has 8 nitrogen and oxygen atoms in total. The van der Waals surface area contributed by atoms with Crippen LogP contribution in [0.3, 0.4) is 0 Å². The predicted octanol–water partition coefficient (Wildman–Crippen LogP) is 3.65. The van der Waals surface area contributed by atoms with Crippen LogP contribution in [0.5, 0.6) is 5.75 Å². The summed E-state index contributed by atoms with van der Waals surface area (Å²) in [7, 11) is -2.70. The number of carbonyl (C=O) groups excluding carboxylic acids is 2. The summed E-state index contributed by atoms with van der Waals surface area (Å²) in [6.07, 6.45) is -0.396. The monoisotopic (exact) mass is 477 g/mol. The first-order valence-corrected chi connectivity index (χ1v) is 12.1. The van der Waals surface area contributed by atoms with Gasteiger partial charge < -0.3 is 18.6 Å². The topological polar surface area (TPSA) is 99.2 Å². The Kier molecular flexibility index (Phi) is 9.43. The van der Waals surface area contributed by atoms with E-state index >= 15 is 0 Å². The molecule has 33 heavy (non-hydrogen) atoms. The van der Waals surface area contributed by atoms with Crippen LogP contribution in [0.2, 0.25) is 0 Å². The zero-order valence-electron chi connectivity index (χ0n) is 19.6. The Morgan fingerprint density at radius 1 is 0.970 bits per heavy atom. The molecule has 0 aliphatic carbocycles. The smallest absolute Gasteiger partial charge is 0.340 e. The van der Waals surface area contributed by atoms with Gasteiger partial charge in [0.1, 0.15) is 10.6 Å². The van der Waals surface area contributed by atoms with Crippen LogP contribution in [-0.4, -0.2) is 51.6 Å². The van der Waals surface area contributed by atoms with Crippen LogP contribution >= 0.6 is 0 Å². The fraction of sp³-hybridized carbons (Fsp3) is 0.417. The fourth-order valence-electron chi connectivity index (χ4n) is 3.01. The van der Waals surface area contributed by atoms with Crippen LogP contribution in [0.1, 0.15) is 43.6 Å². The Balaban J connectivity index is 2.19. The van der Waals surface area contributed by atoms with Gasteiger partial charge in [0.25, 0.3) is 0 Å². The van der Waals surface area contributed by atoms with E-state index < -0.39 is 22.2 Å². The van der Waals surface area contributed by atoms with Crippen LogP contribution in [0.15, 0.2) is 53.4 Å². The second kappa shape index (κ2) is 11.8. The molecule has 9 heteroatoms. The summed E-state index contributed by atoms with van der Waals surface area (Å²) in [5.41, 5.74) is 0.717. The van der Waals surface area contributed by atoms with Crippen molar-refractivity contribution in [3.63, 3.8) is 0 Å². The lowest BCUT2D eigenvalue weighted by Gasteiger charge is -2.24. The van der Waals surface area contributed by atoms with Gasteiger partial charge in [-0.1, -0.05) is 38.1 Å². The third-order valence-corrected chi connectivity index (χ3v) is 5.90. The molecule has 0 heterocycles. The highest BCUT2D eigenvalue weighted by atomic mass is 32.2. The van der Waals surface area contributed by atoms with E-state index in [9.17, 15) is 18.0 Å². The van der Waals surface area contributed by atoms with Crippen LogP contribution in [0, 0.1) is 5.92 Å². The van der Waals surface area contributed by atoms with E-state index in [2.05, 4.69) is 0 Å². The van der Waals surface area contributed by atoms with Crippen LogP contribution in [0.4, 0.5) is 0 Å². The van der Waals surface area contributed by atoms with Gasteiger partial charge in [-0.2, -0.15) is 8.42 Å². The summed E-state index contributed by atoms with van der Waals surface area (Å²) in [6, 6.07) is 12.1. The highest BCUT2D eigenvalue weighted by Gasteiger charge is 2.25. The van der Waals surface area contributed by atoms with E-state index in [-0.39, 0.29) is 28.0 Å². The van der Waals surface area contributed by atoms with Crippen LogP contribution < -0.4 is 4.18 Å². The lowest BCUT2D eigenvalue weighted by atomic mass is 10.1. The minimum absolute atomic E-state index is 0.000143. The maximum absolute atomic E-state index is 12.9. The van der Waals surface area contributed by atoms with Gasteiger partial charge >= 0.3 is 16.1 Å². The highest BCUT2D eigenvalue weighted by Crippen LogP contribution is 2.23. The van der Waals surface area contributed by atoms with Gasteiger partial charge in [-0.05, 0) is 43.7 Å². The van der Waals surface area contributed by atoms with Crippen molar-refractivity contribution in [3.8, 4) is 5.75 Å². The SMILES string of the molecule is COCCN(Cc1ccc(OS(=O)(=O)c2ccccc2C(=O)OC(C)C)cc1)C(=O)C(C)C. The molecular weight excluding hydrogens is 446 g/mol. The van der Waals surface area contributed by atoms with Gasteiger partial charge in [0.15, 0.2) is 0 Å². The maximum atomic E-state index is 12.9. The lowest BCUT2D eigenvalue weighted by Crippen LogP contribution is -2.36. The Labute approximate surface area is 195 Å². The van der Waals surface area contributed by atoms with E-state index in [4.69, 9.17) is 13.7 Å². The van der Waals surface area contributed by atoms with E-state index in [0.717, 1.165) is 5.56 Å². The lowest BCUT2D eigenvalue weighted by molar-refractivity contribution is -0.135. The Bertz CT molecular complexity index is 1050. The van der Waals surface area contributed by atoms with Crippen molar-refractivity contribution in [1.82, 2.24) is 4.90 Å². The molecule has 1 amide bonds. The molecule has 0 spiro atoms. The van der Waals surface area contributed by atoms with Gasteiger partial charge in [0.05, 0.1) is 18.3 Å². The zero-order valence-corrected chi connectivity index (χ0v) is 20.4. The minimum Gasteiger partial charge on any atom is -0.459 e. The first kappa shape index (κ1) is 26.3. The Morgan fingerprint density at radius 2 is 1.61 bits per heavy atom. The first-order chi connectivity index (χ1) is 15.5. The molecule has 0 saturated carbocycles. The van der Waals surface area contributed by atoms with E-state index in [1.165, 1.54) is 30.3 Å². The molecule has 0 bridgehead atoms. The van der Waals surface area contributed by atoms with Gasteiger partial charge in [-0.3, -0.25) is 4.79 Å². The van der Waals surface area contributed by atoms with Crippen molar-refractivity contribution >= 4 is 22.0 Å².